The average molecular weight is 363 g/mol. The Balaban J connectivity index is 1.71. The van der Waals surface area contributed by atoms with E-state index >= 15 is 0 Å². The number of nitrogens with one attached hydrogen (secondary N) is 2. The van der Waals surface area contributed by atoms with E-state index in [4.69, 9.17) is 0 Å². The van der Waals surface area contributed by atoms with Gasteiger partial charge < -0.3 is 10.6 Å². The van der Waals surface area contributed by atoms with E-state index in [0.717, 1.165) is 44.1 Å². The molecule has 0 aliphatic rings. The van der Waals surface area contributed by atoms with E-state index in [-0.39, 0.29) is 0 Å². The van der Waals surface area contributed by atoms with E-state index in [1.807, 2.05) is 13.1 Å². The van der Waals surface area contributed by atoms with Crippen LogP contribution in [0.2, 0.25) is 0 Å². The SMILES string of the molecule is CCc1cnc(CCNC(=NC)NCC(C)Cn2nc(C)cc2C)s1. The number of aryl methyl sites for hydroxylation is 3. The molecule has 2 rings (SSSR count). The van der Waals surface area contributed by atoms with Crippen LogP contribution in [0.15, 0.2) is 17.3 Å². The first-order valence-corrected chi connectivity index (χ1v) is 9.72. The van der Waals surface area contributed by atoms with Crippen molar-refractivity contribution < 1.29 is 0 Å². The summed E-state index contributed by atoms with van der Waals surface area (Å²) in [5.41, 5.74) is 2.28. The Morgan fingerprint density at radius 3 is 2.76 bits per heavy atom. The monoisotopic (exact) mass is 362 g/mol. The van der Waals surface area contributed by atoms with Gasteiger partial charge >= 0.3 is 0 Å². The molecule has 1 atom stereocenters. The van der Waals surface area contributed by atoms with Crippen molar-refractivity contribution in [3.05, 3.63) is 33.5 Å². The molecule has 0 fully saturated rings. The molecule has 2 N–H and O–H groups in total. The van der Waals surface area contributed by atoms with Crippen LogP contribution in [0.1, 0.15) is 35.1 Å². The Bertz CT molecular complexity index is 688. The highest BCUT2D eigenvalue weighted by Crippen LogP contribution is 2.13. The Labute approximate surface area is 154 Å². The van der Waals surface area contributed by atoms with Gasteiger partial charge in [0.25, 0.3) is 0 Å². The minimum Gasteiger partial charge on any atom is -0.356 e. The highest BCUT2D eigenvalue weighted by Gasteiger charge is 2.08. The summed E-state index contributed by atoms with van der Waals surface area (Å²) in [7, 11) is 1.81. The maximum Gasteiger partial charge on any atom is 0.191 e. The van der Waals surface area contributed by atoms with Gasteiger partial charge in [0.05, 0.1) is 10.7 Å². The molecule has 25 heavy (non-hydrogen) atoms. The zero-order chi connectivity index (χ0) is 18.2. The number of aromatic nitrogens is 3. The first-order valence-electron chi connectivity index (χ1n) is 8.91. The van der Waals surface area contributed by atoms with Crippen LogP contribution in [0.3, 0.4) is 0 Å². The summed E-state index contributed by atoms with van der Waals surface area (Å²) < 4.78 is 2.08. The standard InChI is InChI=1S/C18H30N6S/c1-6-16-11-21-17(25-16)7-8-20-18(19-5)22-10-13(2)12-24-15(4)9-14(3)23-24/h9,11,13H,6-8,10,12H2,1-5H3,(H2,19,20,22). The minimum absolute atomic E-state index is 0.461. The summed E-state index contributed by atoms with van der Waals surface area (Å²) in [6.45, 7) is 11.1. The smallest absolute Gasteiger partial charge is 0.191 e. The molecule has 138 valence electrons. The fraction of sp³-hybridized carbons (Fsp3) is 0.611. The first-order chi connectivity index (χ1) is 12.0. The molecule has 0 saturated carbocycles. The lowest BCUT2D eigenvalue weighted by Crippen LogP contribution is -2.40. The van der Waals surface area contributed by atoms with Gasteiger partial charge in [-0.2, -0.15) is 5.10 Å². The van der Waals surface area contributed by atoms with Crippen LogP contribution in [0.4, 0.5) is 0 Å². The van der Waals surface area contributed by atoms with Crippen LogP contribution in [0, 0.1) is 19.8 Å². The largest absolute Gasteiger partial charge is 0.356 e. The maximum atomic E-state index is 4.53. The van der Waals surface area contributed by atoms with Gasteiger partial charge in [-0.05, 0) is 32.3 Å². The lowest BCUT2D eigenvalue weighted by molar-refractivity contribution is 0.436. The molecule has 0 spiro atoms. The Kier molecular flexibility index (Phi) is 7.43. The van der Waals surface area contributed by atoms with Crippen LogP contribution < -0.4 is 10.6 Å². The minimum atomic E-state index is 0.461. The third kappa shape index (κ3) is 6.16. The van der Waals surface area contributed by atoms with Gasteiger partial charge in [-0.1, -0.05) is 13.8 Å². The van der Waals surface area contributed by atoms with E-state index in [1.54, 1.807) is 18.4 Å². The number of guanidine groups is 1. The number of rotatable bonds is 8. The first kappa shape index (κ1) is 19.4. The van der Waals surface area contributed by atoms with Crippen LogP contribution in [-0.2, 0) is 19.4 Å². The number of nitrogens with zero attached hydrogens (tertiary/aromatic N) is 4. The fourth-order valence-electron chi connectivity index (χ4n) is 2.63. The van der Waals surface area contributed by atoms with E-state index in [0.29, 0.717) is 5.92 Å². The van der Waals surface area contributed by atoms with Crippen molar-refractivity contribution in [3.63, 3.8) is 0 Å². The van der Waals surface area contributed by atoms with Gasteiger partial charge in [-0.25, -0.2) is 4.98 Å². The van der Waals surface area contributed by atoms with E-state index < -0.39 is 0 Å². The quantitative estimate of drug-likeness (QED) is 0.559. The molecule has 2 heterocycles. The van der Waals surface area contributed by atoms with Crippen LogP contribution in [0.5, 0.6) is 0 Å². The highest BCUT2D eigenvalue weighted by molar-refractivity contribution is 7.11. The summed E-state index contributed by atoms with van der Waals surface area (Å²) in [5, 5.41) is 12.5. The van der Waals surface area contributed by atoms with Gasteiger partial charge in [-0.3, -0.25) is 9.67 Å². The van der Waals surface area contributed by atoms with Crippen molar-refractivity contribution in [1.82, 2.24) is 25.4 Å². The summed E-state index contributed by atoms with van der Waals surface area (Å²) in [6.07, 6.45) is 3.96. The second-order valence-electron chi connectivity index (χ2n) is 6.42. The number of hydrogen-bond acceptors (Lipinski definition) is 4. The van der Waals surface area contributed by atoms with Gasteiger partial charge in [0, 0.05) is 49.9 Å². The normalized spacial score (nSPS) is 13.1. The lowest BCUT2D eigenvalue weighted by atomic mass is 10.2. The van der Waals surface area contributed by atoms with E-state index in [1.165, 1.54) is 15.6 Å². The van der Waals surface area contributed by atoms with Crippen LogP contribution in [-0.4, -0.2) is 40.9 Å². The predicted molar refractivity (Wildman–Crippen MR) is 105 cm³/mol. The molecule has 0 amide bonds. The van der Waals surface area contributed by atoms with Crippen LogP contribution in [0.25, 0.3) is 0 Å². The second kappa shape index (κ2) is 9.56. The zero-order valence-corrected chi connectivity index (χ0v) is 16.8. The summed E-state index contributed by atoms with van der Waals surface area (Å²) in [6, 6.07) is 2.11. The number of thiazole rings is 1. The molecule has 0 radical (unpaired) electrons. The van der Waals surface area contributed by atoms with Crippen molar-refractivity contribution in [2.75, 3.05) is 20.1 Å². The lowest BCUT2D eigenvalue weighted by Gasteiger charge is -2.16. The van der Waals surface area contributed by atoms with Crippen LogP contribution >= 0.6 is 11.3 Å². The molecular weight excluding hydrogens is 332 g/mol. The third-order valence-electron chi connectivity index (χ3n) is 4.01. The molecule has 0 aliphatic heterocycles. The molecule has 6 nitrogen and oxygen atoms in total. The van der Waals surface area contributed by atoms with Crippen molar-refractivity contribution in [1.29, 1.82) is 0 Å². The Morgan fingerprint density at radius 1 is 1.36 bits per heavy atom. The van der Waals surface area contributed by atoms with Crippen molar-refractivity contribution in [2.45, 2.75) is 47.1 Å². The topological polar surface area (TPSA) is 67.1 Å². The van der Waals surface area contributed by atoms with Gasteiger partial charge in [0.15, 0.2) is 5.96 Å². The molecule has 0 saturated heterocycles. The van der Waals surface area contributed by atoms with Gasteiger partial charge in [0.1, 0.15) is 0 Å². The molecular formula is C18H30N6S. The fourth-order valence-corrected chi connectivity index (χ4v) is 3.49. The van der Waals surface area contributed by atoms with Crippen molar-refractivity contribution in [3.8, 4) is 0 Å². The molecule has 0 aliphatic carbocycles. The number of hydrogen-bond donors (Lipinski definition) is 2. The molecule has 0 aromatic carbocycles. The zero-order valence-electron chi connectivity index (χ0n) is 16.0. The third-order valence-corrected chi connectivity index (χ3v) is 5.21. The molecule has 7 heteroatoms. The summed E-state index contributed by atoms with van der Waals surface area (Å²) >= 11 is 1.79. The van der Waals surface area contributed by atoms with Gasteiger partial charge in [0.2, 0.25) is 0 Å². The molecule has 0 bridgehead atoms. The molecule has 1 unspecified atom stereocenters. The van der Waals surface area contributed by atoms with E-state index in [2.05, 4.69) is 57.2 Å². The van der Waals surface area contributed by atoms with Crippen molar-refractivity contribution in [2.24, 2.45) is 10.9 Å². The number of aliphatic imine (C=N–C) groups is 1. The highest BCUT2D eigenvalue weighted by atomic mass is 32.1. The molecule has 2 aromatic heterocycles. The second-order valence-corrected chi connectivity index (χ2v) is 7.62. The van der Waals surface area contributed by atoms with Gasteiger partial charge in [-0.15, -0.1) is 11.3 Å². The average Bonchev–Trinajstić information content (AvgIpc) is 3.17. The Hall–Kier alpha value is -1.89. The summed E-state index contributed by atoms with van der Waals surface area (Å²) in [4.78, 5) is 10.1. The van der Waals surface area contributed by atoms with E-state index in [9.17, 15) is 0 Å². The predicted octanol–water partition coefficient (Wildman–Crippen LogP) is 2.56. The van der Waals surface area contributed by atoms with Crippen molar-refractivity contribution >= 4 is 17.3 Å². The summed E-state index contributed by atoms with van der Waals surface area (Å²) in [5.74, 6) is 1.30. The Morgan fingerprint density at radius 2 is 2.16 bits per heavy atom. The maximum absolute atomic E-state index is 4.53. The molecule has 2 aromatic rings.